The lowest BCUT2D eigenvalue weighted by Gasteiger charge is -2.24. The molecule has 1 amide bonds. The van der Waals surface area contributed by atoms with E-state index in [0.717, 1.165) is 32.0 Å². The van der Waals surface area contributed by atoms with Gasteiger partial charge >= 0.3 is 6.09 Å². The van der Waals surface area contributed by atoms with Gasteiger partial charge in [-0.1, -0.05) is 54.1 Å². The van der Waals surface area contributed by atoms with Crippen LogP contribution in [0.3, 0.4) is 0 Å². The summed E-state index contributed by atoms with van der Waals surface area (Å²) in [7, 11) is 0. The zero-order chi connectivity index (χ0) is 22.9. The molecule has 4 rings (SSSR count). The molecule has 2 aromatic carbocycles. The van der Waals surface area contributed by atoms with E-state index >= 15 is 0 Å². The molecule has 0 radical (unpaired) electrons. The quantitative estimate of drug-likeness (QED) is 0.542. The maximum absolute atomic E-state index is 13.3. The second kappa shape index (κ2) is 8.88. The van der Waals surface area contributed by atoms with Crippen LogP contribution < -0.4 is 5.32 Å². The molecule has 0 saturated heterocycles. The van der Waals surface area contributed by atoms with Crippen LogP contribution in [0.1, 0.15) is 38.9 Å². The number of ketones is 1. The molecule has 0 spiro atoms. The Kier molecular flexibility index (Phi) is 6.17. The Bertz CT molecular complexity index is 1200. The summed E-state index contributed by atoms with van der Waals surface area (Å²) in [6.07, 6.45) is -0.507. The van der Waals surface area contributed by atoms with Crippen LogP contribution in [0.4, 0.5) is 4.79 Å². The Morgan fingerprint density at radius 2 is 1.84 bits per heavy atom. The third-order valence-corrected chi connectivity index (χ3v) is 7.03. The van der Waals surface area contributed by atoms with Crippen molar-refractivity contribution >= 4 is 40.5 Å². The largest absolute Gasteiger partial charge is 0.445 e. The summed E-state index contributed by atoms with van der Waals surface area (Å²) >= 11 is 7.68. The molecule has 1 aliphatic rings. The van der Waals surface area contributed by atoms with E-state index in [2.05, 4.69) is 5.32 Å². The van der Waals surface area contributed by atoms with Gasteiger partial charge in [0, 0.05) is 32.3 Å². The van der Waals surface area contributed by atoms with E-state index < -0.39 is 11.8 Å². The van der Waals surface area contributed by atoms with Gasteiger partial charge in [-0.05, 0) is 44.0 Å². The number of benzene rings is 2. The molecule has 1 unspecified atom stereocenters. The number of nitrogens with zero attached hydrogens (tertiary/aromatic N) is 1. The highest BCUT2D eigenvalue weighted by molar-refractivity contribution is 7.12. The number of aliphatic imine (C=N–C) groups is 1. The molecule has 1 aliphatic heterocycles. The Hall–Kier alpha value is -2.96. The fourth-order valence-electron chi connectivity index (χ4n) is 3.66. The molecule has 1 atom stereocenters. The van der Waals surface area contributed by atoms with E-state index in [1.54, 1.807) is 30.4 Å². The number of hydrogen-bond donors (Lipinski definition) is 1. The topological polar surface area (TPSA) is 67.8 Å². The second-order valence-electron chi connectivity index (χ2n) is 7.91. The molecule has 0 aliphatic carbocycles. The fraction of sp³-hybridized carbons (Fsp3) is 0.240. The molecule has 2 heterocycles. The highest BCUT2D eigenvalue weighted by Crippen LogP contribution is 2.35. The van der Waals surface area contributed by atoms with E-state index in [0.29, 0.717) is 10.7 Å². The Morgan fingerprint density at radius 3 is 2.53 bits per heavy atom. The van der Waals surface area contributed by atoms with Crippen LogP contribution in [0, 0.1) is 13.8 Å². The summed E-state index contributed by atoms with van der Waals surface area (Å²) in [6, 6.07) is 16.7. The predicted molar refractivity (Wildman–Crippen MR) is 128 cm³/mol. The molecule has 0 saturated carbocycles. The summed E-state index contributed by atoms with van der Waals surface area (Å²) in [5.74, 6) is -0.194. The van der Waals surface area contributed by atoms with Crippen molar-refractivity contribution in [3.05, 3.63) is 91.6 Å². The third kappa shape index (κ3) is 4.47. The van der Waals surface area contributed by atoms with Gasteiger partial charge in [0.2, 0.25) is 0 Å². The Labute approximate surface area is 196 Å². The van der Waals surface area contributed by atoms with Crippen LogP contribution in [-0.4, -0.2) is 23.3 Å². The first-order valence-electron chi connectivity index (χ1n) is 10.2. The number of Topliss-reactive ketones (excluding diaryl/α,β-unsaturated/α-hetero) is 1. The first-order chi connectivity index (χ1) is 15.3. The van der Waals surface area contributed by atoms with E-state index in [1.807, 2.05) is 56.3 Å². The number of fused-ring (bicyclic) bond motifs is 1. The van der Waals surface area contributed by atoms with Gasteiger partial charge in [-0.25, -0.2) is 9.79 Å². The van der Waals surface area contributed by atoms with E-state index in [-0.39, 0.29) is 18.8 Å². The van der Waals surface area contributed by atoms with Crippen LogP contribution in [0.25, 0.3) is 0 Å². The first-order valence-corrected chi connectivity index (χ1v) is 11.4. The minimum atomic E-state index is -1.46. The zero-order valence-corrected chi connectivity index (χ0v) is 19.6. The highest BCUT2D eigenvalue weighted by atomic mass is 35.5. The lowest BCUT2D eigenvalue weighted by atomic mass is 9.98. The Morgan fingerprint density at radius 1 is 1.16 bits per heavy atom. The van der Waals surface area contributed by atoms with Crippen molar-refractivity contribution in [2.75, 3.05) is 0 Å². The lowest BCUT2D eigenvalue weighted by Crippen LogP contribution is -2.51. The number of aryl methyl sites for hydroxylation is 1. The maximum atomic E-state index is 13.3. The molecule has 0 fully saturated rings. The first kappa shape index (κ1) is 22.2. The molecule has 5 nitrogen and oxygen atoms in total. The molecular weight excluding hydrogens is 444 g/mol. The van der Waals surface area contributed by atoms with Gasteiger partial charge in [-0.15, -0.1) is 11.3 Å². The standard InChI is InChI=1S/C25H23ClN2O3S/c1-15-16(2)32-20-13-21(29)25(3,28-24(30)31-14-17-7-5-4-6-8-17)27-23(22(15)20)18-9-11-19(26)12-10-18/h4-12H,13-14H2,1-3H3,(H,28,30). The number of alkyl carbamates (subject to hydrolysis) is 1. The van der Waals surface area contributed by atoms with Crippen molar-refractivity contribution in [1.82, 2.24) is 5.32 Å². The number of rotatable bonds is 4. The molecule has 0 bridgehead atoms. The van der Waals surface area contributed by atoms with E-state index in [4.69, 9.17) is 21.3 Å². The van der Waals surface area contributed by atoms with Crippen LogP contribution in [0.2, 0.25) is 5.02 Å². The van der Waals surface area contributed by atoms with Crippen molar-refractivity contribution in [3.8, 4) is 0 Å². The van der Waals surface area contributed by atoms with E-state index in [9.17, 15) is 9.59 Å². The summed E-state index contributed by atoms with van der Waals surface area (Å²) < 4.78 is 5.36. The van der Waals surface area contributed by atoms with Gasteiger partial charge in [0.15, 0.2) is 11.4 Å². The third-order valence-electron chi connectivity index (χ3n) is 5.57. The van der Waals surface area contributed by atoms with Gasteiger partial charge in [-0.2, -0.15) is 0 Å². The minimum absolute atomic E-state index is 0.107. The van der Waals surface area contributed by atoms with Crippen LogP contribution >= 0.6 is 22.9 Å². The number of carbonyl (C=O) groups is 2. The number of nitrogens with one attached hydrogen (secondary N) is 1. The maximum Gasteiger partial charge on any atom is 0.409 e. The summed E-state index contributed by atoms with van der Waals surface area (Å²) in [4.78, 5) is 32.8. The van der Waals surface area contributed by atoms with Gasteiger partial charge < -0.3 is 4.74 Å². The molecule has 1 aromatic heterocycles. The molecule has 3 aromatic rings. The minimum Gasteiger partial charge on any atom is -0.445 e. The predicted octanol–water partition coefficient (Wildman–Crippen LogP) is 5.62. The fourth-order valence-corrected chi connectivity index (χ4v) is 4.97. The monoisotopic (exact) mass is 466 g/mol. The number of halogens is 1. The number of amides is 1. The molecule has 164 valence electrons. The van der Waals surface area contributed by atoms with Crippen LogP contribution in [0.5, 0.6) is 0 Å². The van der Waals surface area contributed by atoms with Gasteiger partial charge in [0.05, 0.1) is 5.71 Å². The second-order valence-corrected chi connectivity index (χ2v) is 9.65. The van der Waals surface area contributed by atoms with Gasteiger partial charge in [0.1, 0.15) is 6.61 Å². The molecule has 32 heavy (non-hydrogen) atoms. The number of carbonyl (C=O) groups excluding carboxylic acids is 2. The molecule has 1 N–H and O–H groups in total. The number of hydrogen-bond acceptors (Lipinski definition) is 5. The van der Waals surface area contributed by atoms with Crippen molar-refractivity contribution < 1.29 is 14.3 Å². The molecular formula is C25H23ClN2O3S. The summed E-state index contributed by atoms with van der Waals surface area (Å²) in [5.41, 5.74) is 2.93. The molecule has 7 heteroatoms. The summed E-state index contributed by atoms with van der Waals surface area (Å²) in [5, 5.41) is 3.32. The van der Waals surface area contributed by atoms with Crippen LogP contribution in [0.15, 0.2) is 59.6 Å². The average Bonchev–Trinajstić information content (AvgIpc) is 2.99. The summed E-state index contributed by atoms with van der Waals surface area (Å²) in [6.45, 7) is 5.80. The van der Waals surface area contributed by atoms with Crippen molar-refractivity contribution in [3.63, 3.8) is 0 Å². The zero-order valence-electron chi connectivity index (χ0n) is 18.1. The van der Waals surface area contributed by atoms with Crippen molar-refractivity contribution in [2.24, 2.45) is 4.99 Å². The normalized spacial score (nSPS) is 17.9. The van der Waals surface area contributed by atoms with Gasteiger partial charge in [0.25, 0.3) is 0 Å². The van der Waals surface area contributed by atoms with Crippen molar-refractivity contribution in [1.29, 1.82) is 0 Å². The lowest BCUT2D eigenvalue weighted by molar-refractivity contribution is -0.123. The number of ether oxygens (including phenoxy) is 1. The van der Waals surface area contributed by atoms with Crippen molar-refractivity contribution in [2.45, 2.75) is 39.5 Å². The van der Waals surface area contributed by atoms with Crippen LogP contribution in [-0.2, 0) is 22.6 Å². The van der Waals surface area contributed by atoms with Gasteiger partial charge in [-0.3, -0.25) is 10.1 Å². The highest BCUT2D eigenvalue weighted by Gasteiger charge is 2.39. The van der Waals surface area contributed by atoms with E-state index in [1.165, 1.54) is 0 Å². The average molecular weight is 467 g/mol. The number of thiophene rings is 1. The Balaban J connectivity index is 1.69. The smallest absolute Gasteiger partial charge is 0.409 e. The SMILES string of the molecule is Cc1sc2c(c1C)C(c1ccc(Cl)cc1)=NC(C)(NC(=O)OCc1ccccc1)C(=O)C2.